The number of carbonyl (C=O) groups is 2. The Morgan fingerprint density at radius 3 is 2.84 bits per heavy atom. The van der Waals surface area contributed by atoms with Gasteiger partial charge in [0.2, 0.25) is 5.91 Å². The molecule has 1 heterocycles. The van der Waals surface area contributed by atoms with Crippen molar-refractivity contribution in [1.82, 2.24) is 10.2 Å². The standard InChI is InChI=1S/C14H17ClN2O2/c1-16-14(19)12-7-4-8-17(12)9-13(18)10-5-2-3-6-11(10)15/h2-3,5-6,12H,4,7-9H2,1H3,(H,16,19). The second kappa shape index (κ2) is 6.17. The molecule has 1 unspecified atom stereocenters. The van der Waals surface area contributed by atoms with Crippen LogP contribution in [0.4, 0.5) is 0 Å². The molecule has 0 spiro atoms. The van der Waals surface area contributed by atoms with E-state index in [9.17, 15) is 9.59 Å². The molecule has 1 amide bonds. The van der Waals surface area contributed by atoms with E-state index < -0.39 is 0 Å². The summed E-state index contributed by atoms with van der Waals surface area (Å²) >= 11 is 6.01. The van der Waals surface area contributed by atoms with Gasteiger partial charge in [-0.3, -0.25) is 14.5 Å². The van der Waals surface area contributed by atoms with E-state index in [4.69, 9.17) is 11.6 Å². The summed E-state index contributed by atoms with van der Waals surface area (Å²) in [7, 11) is 1.62. The summed E-state index contributed by atoms with van der Waals surface area (Å²) in [6.45, 7) is 1.01. The zero-order chi connectivity index (χ0) is 13.8. The van der Waals surface area contributed by atoms with Crippen molar-refractivity contribution < 1.29 is 9.59 Å². The van der Waals surface area contributed by atoms with E-state index in [-0.39, 0.29) is 24.3 Å². The van der Waals surface area contributed by atoms with Gasteiger partial charge in [-0.05, 0) is 31.5 Å². The molecular formula is C14H17ClN2O2. The molecule has 4 nitrogen and oxygen atoms in total. The number of likely N-dealkylation sites (N-methyl/N-ethyl adjacent to an activating group) is 1. The second-order valence-electron chi connectivity index (χ2n) is 4.65. The van der Waals surface area contributed by atoms with Crippen LogP contribution in [0.3, 0.4) is 0 Å². The number of amides is 1. The first-order chi connectivity index (χ1) is 9.13. The Morgan fingerprint density at radius 1 is 1.42 bits per heavy atom. The zero-order valence-electron chi connectivity index (χ0n) is 10.9. The van der Waals surface area contributed by atoms with Crippen LogP contribution in [0.15, 0.2) is 24.3 Å². The first-order valence-corrected chi connectivity index (χ1v) is 6.74. The number of carbonyl (C=O) groups excluding carboxylic acids is 2. The number of nitrogens with zero attached hydrogens (tertiary/aromatic N) is 1. The summed E-state index contributed by atoms with van der Waals surface area (Å²) in [5.41, 5.74) is 0.520. The fourth-order valence-corrected chi connectivity index (χ4v) is 2.68. The van der Waals surface area contributed by atoms with E-state index in [1.807, 2.05) is 4.90 Å². The number of hydrogen-bond acceptors (Lipinski definition) is 3. The smallest absolute Gasteiger partial charge is 0.237 e. The van der Waals surface area contributed by atoms with Crippen LogP contribution in [-0.2, 0) is 4.79 Å². The zero-order valence-corrected chi connectivity index (χ0v) is 11.6. The van der Waals surface area contributed by atoms with Crippen LogP contribution in [0, 0.1) is 0 Å². The number of nitrogens with one attached hydrogen (secondary N) is 1. The molecule has 5 heteroatoms. The first-order valence-electron chi connectivity index (χ1n) is 6.37. The van der Waals surface area contributed by atoms with Crippen LogP contribution >= 0.6 is 11.6 Å². The highest BCUT2D eigenvalue weighted by atomic mass is 35.5. The quantitative estimate of drug-likeness (QED) is 0.855. The van der Waals surface area contributed by atoms with Gasteiger partial charge in [-0.2, -0.15) is 0 Å². The Labute approximate surface area is 117 Å². The van der Waals surface area contributed by atoms with Crippen molar-refractivity contribution in [1.29, 1.82) is 0 Å². The van der Waals surface area contributed by atoms with E-state index in [2.05, 4.69) is 5.32 Å². The minimum atomic E-state index is -0.198. The molecule has 1 aliphatic rings. The molecule has 0 aromatic heterocycles. The lowest BCUT2D eigenvalue weighted by molar-refractivity contribution is -0.124. The molecule has 0 aliphatic carbocycles. The molecule has 1 aliphatic heterocycles. The molecule has 1 atom stereocenters. The van der Waals surface area contributed by atoms with Crippen LogP contribution < -0.4 is 5.32 Å². The fraction of sp³-hybridized carbons (Fsp3) is 0.429. The van der Waals surface area contributed by atoms with E-state index in [0.717, 1.165) is 19.4 Å². The summed E-state index contributed by atoms with van der Waals surface area (Å²) in [6.07, 6.45) is 1.74. The van der Waals surface area contributed by atoms with Gasteiger partial charge in [0, 0.05) is 12.6 Å². The van der Waals surface area contributed by atoms with Gasteiger partial charge < -0.3 is 5.32 Å². The fourth-order valence-electron chi connectivity index (χ4n) is 2.44. The Kier molecular flexibility index (Phi) is 4.56. The van der Waals surface area contributed by atoms with Gasteiger partial charge in [0.1, 0.15) is 0 Å². The van der Waals surface area contributed by atoms with Gasteiger partial charge in [0.15, 0.2) is 5.78 Å². The number of benzene rings is 1. The Morgan fingerprint density at radius 2 is 2.16 bits per heavy atom. The van der Waals surface area contributed by atoms with Crippen LogP contribution in [0.1, 0.15) is 23.2 Å². The number of likely N-dealkylation sites (tertiary alicyclic amines) is 1. The Balaban J connectivity index is 2.07. The van der Waals surface area contributed by atoms with E-state index >= 15 is 0 Å². The molecule has 0 saturated carbocycles. The molecule has 2 rings (SSSR count). The van der Waals surface area contributed by atoms with Gasteiger partial charge in [0.25, 0.3) is 0 Å². The van der Waals surface area contributed by atoms with E-state index in [1.54, 1.807) is 31.3 Å². The summed E-state index contributed by atoms with van der Waals surface area (Å²) in [6, 6.07) is 6.81. The van der Waals surface area contributed by atoms with Crippen molar-refractivity contribution in [3.8, 4) is 0 Å². The third-order valence-electron chi connectivity index (χ3n) is 3.43. The minimum absolute atomic E-state index is 0.0236. The number of halogens is 1. The predicted molar refractivity (Wildman–Crippen MR) is 74.4 cm³/mol. The molecule has 0 bridgehead atoms. The highest BCUT2D eigenvalue weighted by Crippen LogP contribution is 2.20. The lowest BCUT2D eigenvalue weighted by Crippen LogP contribution is -2.44. The maximum absolute atomic E-state index is 12.2. The third-order valence-corrected chi connectivity index (χ3v) is 3.76. The van der Waals surface area contributed by atoms with Gasteiger partial charge in [-0.25, -0.2) is 0 Å². The lowest BCUT2D eigenvalue weighted by Gasteiger charge is -2.22. The molecule has 102 valence electrons. The Bertz CT molecular complexity index is 490. The van der Waals surface area contributed by atoms with Crippen molar-refractivity contribution >= 4 is 23.3 Å². The maximum atomic E-state index is 12.2. The molecule has 1 N–H and O–H groups in total. The van der Waals surface area contributed by atoms with Crippen LogP contribution in [-0.4, -0.2) is 42.8 Å². The maximum Gasteiger partial charge on any atom is 0.237 e. The van der Waals surface area contributed by atoms with Crippen molar-refractivity contribution in [3.05, 3.63) is 34.9 Å². The third kappa shape index (κ3) is 3.14. The summed E-state index contributed by atoms with van der Waals surface area (Å²) in [5.74, 6) is -0.0640. The minimum Gasteiger partial charge on any atom is -0.358 e. The number of ketones is 1. The monoisotopic (exact) mass is 280 g/mol. The molecule has 1 aromatic rings. The molecule has 19 heavy (non-hydrogen) atoms. The SMILES string of the molecule is CNC(=O)C1CCCN1CC(=O)c1ccccc1Cl. The van der Waals surface area contributed by atoms with Gasteiger partial charge in [-0.15, -0.1) is 0 Å². The van der Waals surface area contributed by atoms with Crippen molar-refractivity contribution in [2.75, 3.05) is 20.1 Å². The average Bonchev–Trinajstić information content (AvgIpc) is 2.86. The van der Waals surface area contributed by atoms with Crippen molar-refractivity contribution in [3.63, 3.8) is 0 Å². The molecule has 0 radical (unpaired) electrons. The lowest BCUT2D eigenvalue weighted by atomic mass is 10.1. The Hall–Kier alpha value is -1.39. The van der Waals surface area contributed by atoms with E-state index in [1.165, 1.54) is 0 Å². The average molecular weight is 281 g/mol. The van der Waals surface area contributed by atoms with Crippen molar-refractivity contribution in [2.45, 2.75) is 18.9 Å². The van der Waals surface area contributed by atoms with Crippen LogP contribution in [0.5, 0.6) is 0 Å². The normalized spacial score (nSPS) is 19.4. The number of rotatable bonds is 4. The van der Waals surface area contributed by atoms with Crippen LogP contribution in [0.25, 0.3) is 0 Å². The topological polar surface area (TPSA) is 49.4 Å². The molecular weight excluding hydrogens is 264 g/mol. The first kappa shape index (κ1) is 14.0. The summed E-state index contributed by atoms with van der Waals surface area (Å²) in [4.78, 5) is 25.9. The number of hydrogen-bond donors (Lipinski definition) is 1. The molecule has 1 aromatic carbocycles. The second-order valence-corrected chi connectivity index (χ2v) is 5.05. The number of Topliss-reactive ketones (excluding diaryl/α,β-unsaturated/α-hetero) is 1. The van der Waals surface area contributed by atoms with Gasteiger partial charge >= 0.3 is 0 Å². The predicted octanol–water partition coefficient (Wildman–Crippen LogP) is 1.73. The summed E-state index contributed by atoms with van der Waals surface area (Å²) in [5, 5.41) is 3.10. The highest BCUT2D eigenvalue weighted by Gasteiger charge is 2.31. The van der Waals surface area contributed by atoms with Crippen LogP contribution in [0.2, 0.25) is 5.02 Å². The van der Waals surface area contributed by atoms with E-state index in [0.29, 0.717) is 10.6 Å². The largest absolute Gasteiger partial charge is 0.358 e. The summed E-state index contributed by atoms with van der Waals surface area (Å²) < 4.78 is 0. The van der Waals surface area contributed by atoms with Gasteiger partial charge in [-0.1, -0.05) is 23.7 Å². The molecule has 1 saturated heterocycles. The van der Waals surface area contributed by atoms with Gasteiger partial charge in [0.05, 0.1) is 17.6 Å². The molecule has 1 fully saturated rings. The highest BCUT2D eigenvalue weighted by molar-refractivity contribution is 6.34. The van der Waals surface area contributed by atoms with Crippen molar-refractivity contribution in [2.24, 2.45) is 0 Å².